The molecule has 2 aromatic carbocycles. The smallest absolute Gasteiger partial charge is 0.325 e. The lowest BCUT2D eigenvalue weighted by molar-refractivity contribution is 0.262. The molecule has 128 valence electrons. The third kappa shape index (κ3) is 5.02. The van der Waals surface area contributed by atoms with Crippen molar-refractivity contribution in [1.82, 2.24) is 10.2 Å². The first-order valence-corrected chi connectivity index (χ1v) is 8.72. The van der Waals surface area contributed by atoms with Gasteiger partial charge in [-0.25, -0.2) is 4.79 Å². The van der Waals surface area contributed by atoms with E-state index in [1.807, 2.05) is 49.4 Å². The Morgan fingerprint density at radius 2 is 1.80 bits per heavy atom. The molecule has 0 atom stereocenters. The predicted octanol–water partition coefficient (Wildman–Crippen LogP) is 4.17. The van der Waals surface area contributed by atoms with E-state index in [9.17, 15) is 4.79 Å². The molecule has 0 radical (unpaired) electrons. The van der Waals surface area contributed by atoms with Crippen LogP contribution in [0.25, 0.3) is 0 Å². The Hall–Kier alpha value is -2.93. The number of amides is 2. The Labute approximate surface area is 149 Å². The van der Waals surface area contributed by atoms with Crippen LogP contribution in [-0.2, 0) is 6.42 Å². The van der Waals surface area contributed by atoms with E-state index in [1.54, 1.807) is 12.1 Å². The van der Waals surface area contributed by atoms with Gasteiger partial charge < -0.3 is 10.1 Å². The van der Waals surface area contributed by atoms with Crippen LogP contribution in [0.4, 0.5) is 15.6 Å². The fourth-order valence-electron chi connectivity index (χ4n) is 2.21. The first-order valence-electron chi connectivity index (χ1n) is 7.90. The van der Waals surface area contributed by atoms with Crippen LogP contribution < -0.4 is 15.4 Å². The van der Waals surface area contributed by atoms with Crippen LogP contribution in [0.5, 0.6) is 5.75 Å². The van der Waals surface area contributed by atoms with Crippen LogP contribution in [0.2, 0.25) is 0 Å². The van der Waals surface area contributed by atoms with Gasteiger partial charge in [-0.15, -0.1) is 10.2 Å². The number of nitrogens with zero attached hydrogens (tertiary/aromatic N) is 2. The Bertz CT molecular complexity index is 819. The van der Waals surface area contributed by atoms with E-state index in [0.717, 1.165) is 16.3 Å². The van der Waals surface area contributed by atoms with Crippen molar-refractivity contribution in [2.24, 2.45) is 0 Å². The van der Waals surface area contributed by atoms with Crippen molar-refractivity contribution in [3.8, 4) is 5.75 Å². The van der Waals surface area contributed by atoms with Gasteiger partial charge in [-0.1, -0.05) is 41.7 Å². The maximum absolute atomic E-state index is 12.0. The van der Waals surface area contributed by atoms with Crippen LogP contribution in [-0.4, -0.2) is 22.8 Å². The van der Waals surface area contributed by atoms with Crippen LogP contribution in [0.3, 0.4) is 0 Å². The van der Waals surface area contributed by atoms with Gasteiger partial charge in [-0.2, -0.15) is 0 Å². The van der Waals surface area contributed by atoms with E-state index in [0.29, 0.717) is 23.8 Å². The molecule has 0 aliphatic rings. The monoisotopic (exact) mass is 354 g/mol. The minimum absolute atomic E-state index is 0.355. The van der Waals surface area contributed by atoms with Crippen molar-refractivity contribution >= 4 is 28.2 Å². The molecule has 0 bridgehead atoms. The van der Waals surface area contributed by atoms with Gasteiger partial charge in [0.05, 0.1) is 6.61 Å². The molecule has 0 fully saturated rings. The summed E-state index contributed by atoms with van der Waals surface area (Å²) >= 11 is 1.36. The highest BCUT2D eigenvalue weighted by Crippen LogP contribution is 2.19. The quantitative estimate of drug-likeness (QED) is 0.696. The van der Waals surface area contributed by atoms with Crippen molar-refractivity contribution in [3.05, 3.63) is 65.2 Å². The van der Waals surface area contributed by atoms with Gasteiger partial charge in [0.25, 0.3) is 0 Å². The molecule has 25 heavy (non-hydrogen) atoms. The molecule has 0 saturated carbocycles. The molecule has 1 aromatic heterocycles. The highest BCUT2D eigenvalue weighted by Gasteiger charge is 2.09. The average molecular weight is 354 g/mol. The molecule has 0 unspecified atom stereocenters. The number of aromatic nitrogens is 2. The van der Waals surface area contributed by atoms with Gasteiger partial charge in [-0.3, -0.25) is 5.32 Å². The number of benzene rings is 2. The van der Waals surface area contributed by atoms with Gasteiger partial charge in [0.1, 0.15) is 10.8 Å². The molecular formula is C18H18N4O2S. The number of hydrogen-bond donors (Lipinski definition) is 2. The summed E-state index contributed by atoms with van der Waals surface area (Å²) in [6, 6.07) is 16.8. The molecule has 0 spiro atoms. The van der Waals surface area contributed by atoms with E-state index < -0.39 is 0 Å². The van der Waals surface area contributed by atoms with E-state index in [-0.39, 0.29) is 6.03 Å². The zero-order chi connectivity index (χ0) is 17.5. The number of anilines is 2. The Balaban J connectivity index is 1.54. The Morgan fingerprint density at radius 1 is 1.04 bits per heavy atom. The minimum atomic E-state index is -0.355. The fourth-order valence-corrected chi connectivity index (χ4v) is 2.98. The number of urea groups is 1. The number of hydrogen-bond acceptors (Lipinski definition) is 5. The van der Waals surface area contributed by atoms with Crippen molar-refractivity contribution in [2.45, 2.75) is 13.3 Å². The maximum Gasteiger partial charge on any atom is 0.325 e. The third-order valence-corrected chi connectivity index (χ3v) is 4.15. The molecule has 0 aliphatic carbocycles. The topological polar surface area (TPSA) is 76.1 Å². The van der Waals surface area contributed by atoms with Crippen LogP contribution >= 0.6 is 11.3 Å². The van der Waals surface area contributed by atoms with Crippen LogP contribution in [0, 0.1) is 0 Å². The zero-order valence-electron chi connectivity index (χ0n) is 13.7. The van der Waals surface area contributed by atoms with Gasteiger partial charge >= 0.3 is 6.03 Å². The third-order valence-electron chi connectivity index (χ3n) is 3.31. The van der Waals surface area contributed by atoms with E-state index >= 15 is 0 Å². The highest BCUT2D eigenvalue weighted by atomic mass is 32.1. The Kier molecular flexibility index (Phi) is 5.58. The predicted molar refractivity (Wildman–Crippen MR) is 99.4 cm³/mol. The number of carbonyl (C=O) groups excluding carboxylic acids is 1. The lowest BCUT2D eigenvalue weighted by Crippen LogP contribution is -2.19. The van der Waals surface area contributed by atoms with Gasteiger partial charge in [0.15, 0.2) is 0 Å². The summed E-state index contributed by atoms with van der Waals surface area (Å²) in [7, 11) is 0. The summed E-state index contributed by atoms with van der Waals surface area (Å²) in [5.74, 6) is 0.767. The second-order valence-corrected chi connectivity index (χ2v) is 6.26. The van der Waals surface area contributed by atoms with Crippen molar-refractivity contribution < 1.29 is 9.53 Å². The lowest BCUT2D eigenvalue weighted by Gasteiger charge is -2.06. The molecule has 0 saturated heterocycles. The van der Waals surface area contributed by atoms with E-state index in [4.69, 9.17) is 4.74 Å². The molecule has 3 rings (SSSR count). The number of rotatable bonds is 6. The maximum atomic E-state index is 12.0. The molecular weight excluding hydrogens is 336 g/mol. The average Bonchev–Trinajstić information content (AvgIpc) is 3.04. The van der Waals surface area contributed by atoms with Crippen molar-refractivity contribution in [3.63, 3.8) is 0 Å². The molecule has 2 N–H and O–H groups in total. The summed E-state index contributed by atoms with van der Waals surface area (Å²) in [5.41, 5.74) is 1.83. The second-order valence-electron chi connectivity index (χ2n) is 5.20. The van der Waals surface area contributed by atoms with Crippen molar-refractivity contribution in [2.75, 3.05) is 17.2 Å². The molecule has 1 heterocycles. The fraction of sp³-hybridized carbons (Fsp3) is 0.167. The van der Waals surface area contributed by atoms with Crippen LogP contribution in [0.15, 0.2) is 54.6 Å². The number of ether oxygens (including phenoxy) is 1. The molecule has 0 aliphatic heterocycles. The molecule has 3 aromatic rings. The first kappa shape index (κ1) is 16.9. The van der Waals surface area contributed by atoms with E-state index in [2.05, 4.69) is 20.8 Å². The second kappa shape index (κ2) is 8.25. The van der Waals surface area contributed by atoms with Gasteiger partial charge in [-0.05, 0) is 36.8 Å². The molecule has 6 nitrogen and oxygen atoms in total. The van der Waals surface area contributed by atoms with Crippen LogP contribution in [0.1, 0.15) is 17.5 Å². The first-order chi connectivity index (χ1) is 12.2. The van der Waals surface area contributed by atoms with Gasteiger partial charge in [0, 0.05) is 12.1 Å². The summed E-state index contributed by atoms with van der Waals surface area (Å²) in [6.07, 6.45) is 0.695. The van der Waals surface area contributed by atoms with Crippen molar-refractivity contribution in [1.29, 1.82) is 0 Å². The SMILES string of the molecule is CCOc1ccc(NC(=O)Nc2nnc(Cc3ccccc3)s2)cc1. The standard InChI is InChI=1S/C18H18N4O2S/c1-2-24-15-10-8-14(9-11-15)19-17(23)20-18-22-21-16(25-18)12-13-6-4-3-5-7-13/h3-11H,2,12H2,1H3,(H2,19,20,22,23). The molecule has 2 amide bonds. The number of carbonyl (C=O) groups is 1. The van der Waals surface area contributed by atoms with E-state index in [1.165, 1.54) is 11.3 Å². The highest BCUT2D eigenvalue weighted by molar-refractivity contribution is 7.15. The minimum Gasteiger partial charge on any atom is -0.494 e. The Morgan fingerprint density at radius 3 is 2.52 bits per heavy atom. The normalized spacial score (nSPS) is 10.3. The van der Waals surface area contributed by atoms with Gasteiger partial charge in [0.2, 0.25) is 5.13 Å². The summed E-state index contributed by atoms with van der Waals surface area (Å²) in [6.45, 7) is 2.53. The zero-order valence-corrected chi connectivity index (χ0v) is 14.5. The largest absolute Gasteiger partial charge is 0.494 e. The molecule has 7 heteroatoms. The summed E-state index contributed by atoms with van der Waals surface area (Å²) in [5, 5.41) is 14.9. The number of nitrogens with one attached hydrogen (secondary N) is 2. The summed E-state index contributed by atoms with van der Waals surface area (Å²) < 4.78 is 5.37. The lowest BCUT2D eigenvalue weighted by atomic mass is 10.2. The summed E-state index contributed by atoms with van der Waals surface area (Å²) in [4.78, 5) is 12.0.